The monoisotopic (exact) mass is 248 g/mol. The first-order chi connectivity index (χ1) is 8.72. The second-order valence-electron chi connectivity index (χ2n) is 4.67. The number of benzene rings is 1. The van der Waals surface area contributed by atoms with E-state index < -0.39 is 0 Å². The zero-order chi connectivity index (χ0) is 13.0. The minimum atomic E-state index is -0.0981. The molecule has 0 bridgehead atoms. The molecule has 2 rings (SSSR count). The van der Waals surface area contributed by atoms with Crippen LogP contribution in [0.2, 0.25) is 0 Å². The molecule has 1 aromatic carbocycles. The SMILES string of the molecule is COC(C)CNC(=O)C1CNCc2ccccc21. The van der Waals surface area contributed by atoms with Crippen LogP contribution in [0.25, 0.3) is 0 Å². The van der Waals surface area contributed by atoms with Crippen LogP contribution < -0.4 is 10.6 Å². The van der Waals surface area contributed by atoms with Crippen molar-refractivity contribution in [3.63, 3.8) is 0 Å². The Kier molecular flexibility index (Phi) is 4.33. The van der Waals surface area contributed by atoms with Crippen LogP contribution in [0, 0.1) is 0 Å². The van der Waals surface area contributed by atoms with E-state index in [-0.39, 0.29) is 17.9 Å². The van der Waals surface area contributed by atoms with Gasteiger partial charge in [-0.1, -0.05) is 24.3 Å². The van der Waals surface area contributed by atoms with E-state index in [1.807, 2.05) is 25.1 Å². The summed E-state index contributed by atoms with van der Waals surface area (Å²) >= 11 is 0. The maximum atomic E-state index is 12.2. The standard InChI is InChI=1S/C14H20N2O2/c1-10(18-2)7-16-14(17)13-9-15-8-11-5-3-4-6-12(11)13/h3-6,10,13,15H,7-9H2,1-2H3,(H,16,17). The van der Waals surface area contributed by atoms with E-state index in [2.05, 4.69) is 16.7 Å². The van der Waals surface area contributed by atoms with Crippen molar-refractivity contribution in [1.29, 1.82) is 0 Å². The first kappa shape index (κ1) is 13.1. The van der Waals surface area contributed by atoms with Gasteiger partial charge >= 0.3 is 0 Å². The van der Waals surface area contributed by atoms with Gasteiger partial charge in [0.2, 0.25) is 5.91 Å². The van der Waals surface area contributed by atoms with E-state index in [4.69, 9.17) is 4.74 Å². The van der Waals surface area contributed by atoms with E-state index in [9.17, 15) is 4.79 Å². The Bertz CT molecular complexity index is 420. The molecule has 0 saturated carbocycles. The van der Waals surface area contributed by atoms with Crippen LogP contribution in [0.5, 0.6) is 0 Å². The number of fused-ring (bicyclic) bond motifs is 1. The largest absolute Gasteiger partial charge is 0.380 e. The number of hydrogen-bond donors (Lipinski definition) is 2. The summed E-state index contributed by atoms with van der Waals surface area (Å²) in [6.45, 7) is 4.03. The van der Waals surface area contributed by atoms with Gasteiger partial charge < -0.3 is 15.4 Å². The highest BCUT2D eigenvalue weighted by Gasteiger charge is 2.25. The molecule has 1 heterocycles. The van der Waals surface area contributed by atoms with Gasteiger partial charge in [0.05, 0.1) is 12.0 Å². The number of ether oxygens (including phenoxy) is 1. The summed E-state index contributed by atoms with van der Waals surface area (Å²) < 4.78 is 5.13. The number of carbonyl (C=O) groups is 1. The molecule has 2 N–H and O–H groups in total. The lowest BCUT2D eigenvalue weighted by molar-refractivity contribution is -0.123. The molecular formula is C14H20N2O2. The smallest absolute Gasteiger partial charge is 0.228 e. The molecule has 2 atom stereocenters. The van der Waals surface area contributed by atoms with Gasteiger partial charge in [-0.25, -0.2) is 0 Å². The van der Waals surface area contributed by atoms with Crippen molar-refractivity contribution in [3.05, 3.63) is 35.4 Å². The summed E-state index contributed by atoms with van der Waals surface area (Å²) in [5.74, 6) is -0.0300. The van der Waals surface area contributed by atoms with Gasteiger partial charge in [0, 0.05) is 26.7 Å². The minimum absolute atomic E-state index is 0.0424. The second-order valence-corrected chi connectivity index (χ2v) is 4.67. The summed E-state index contributed by atoms with van der Waals surface area (Å²) in [6.07, 6.45) is 0.0424. The minimum Gasteiger partial charge on any atom is -0.380 e. The van der Waals surface area contributed by atoms with Crippen LogP contribution in [0.15, 0.2) is 24.3 Å². The molecule has 0 spiro atoms. The van der Waals surface area contributed by atoms with Gasteiger partial charge in [0.25, 0.3) is 0 Å². The van der Waals surface area contributed by atoms with Crippen molar-refractivity contribution in [2.75, 3.05) is 20.2 Å². The summed E-state index contributed by atoms with van der Waals surface area (Å²) in [6, 6.07) is 8.11. The predicted molar refractivity (Wildman–Crippen MR) is 70.4 cm³/mol. The fourth-order valence-corrected chi connectivity index (χ4v) is 2.18. The zero-order valence-corrected chi connectivity index (χ0v) is 10.9. The number of hydrogen-bond acceptors (Lipinski definition) is 3. The van der Waals surface area contributed by atoms with Crippen molar-refractivity contribution >= 4 is 5.91 Å². The third kappa shape index (κ3) is 2.89. The summed E-state index contributed by atoms with van der Waals surface area (Å²) in [7, 11) is 1.65. The number of rotatable bonds is 4. The number of nitrogens with one attached hydrogen (secondary N) is 2. The molecule has 4 nitrogen and oxygen atoms in total. The lowest BCUT2D eigenvalue weighted by Gasteiger charge is -2.26. The normalized spacial score (nSPS) is 20.0. The van der Waals surface area contributed by atoms with Crippen molar-refractivity contribution in [2.45, 2.75) is 25.5 Å². The average molecular weight is 248 g/mol. The Labute approximate surface area is 108 Å². The fourth-order valence-electron chi connectivity index (χ4n) is 2.18. The van der Waals surface area contributed by atoms with E-state index >= 15 is 0 Å². The molecule has 4 heteroatoms. The summed E-state index contributed by atoms with van der Waals surface area (Å²) in [5.41, 5.74) is 2.35. The van der Waals surface area contributed by atoms with E-state index in [0.717, 1.165) is 12.1 Å². The average Bonchev–Trinajstić information content (AvgIpc) is 2.43. The molecule has 0 fully saturated rings. The van der Waals surface area contributed by atoms with Gasteiger partial charge in [0.1, 0.15) is 0 Å². The highest BCUT2D eigenvalue weighted by molar-refractivity contribution is 5.84. The highest BCUT2D eigenvalue weighted by atomic mass is 16.5. The van der Waals surface area contributed by atoms with Crippen LogP contribution in [0.3, 0.4) is 0 Å². The molecule has 18 heavy (non-hydrogen) atoms. The Morgan fingerprint density at radius 3 is 3.11 bits per heavy atom. The van der Waals surface area contributed by atoms with Gasteiger partial charge in [0.15, 0.2) is 0 Å². The van der Waals surface area contributed by atoms with Crippen LogP contribution in [-0.4, -0.2) is 32.2 Å². The lowest BCUT2D eigenvalue weighted by atomic mass is 9.90. The maximum absolute atomic E-state index is 12.2. The quantitative estimate of drug-likeness (QED) is 0.836. The van der Waals surface area contributed by atoms with Crippen LogP contribution in [0.1, 0.15) is 24.0 Å². The Balaban J connectivity index is 2.04. The van der Waals surface area contributed by atoms with Gasteiger partial charge in [-0.05, 0) is 18.1 Å². The molecular weight excluding hydrogens is 228 g/mol. The summed E-state index contributed by atoms with van der Waals surface area (Å²) in [4.78, 5) is 12.2. The van der Waals surface area contributed by atoms with E-state index in [1.54, 1.807) is 7.11 Å². The van der Waals surface area contributed by atoms with Gasteiger partial charge in [-0.15, -0.1) is 0 Å². The zero-order valence-electron chi connectivity index (χ0n) is 10.9. The number of methoxy groups -OCH3 is 1. The lowest BCUT2D eigenvalue weighted by Crippen LogP contribution is -2.41. The predicted octanol–water partition coefficient (Wildman–Crippen LogP) is 1.02. The molecule has 1 aliphatic heterocycles. The third-order valence-electron chi connectivity index (χ3n) is 3.38. The Morgan fingerprint density at radius 1 is 1.56 bits per heavy atom. The van der Waals surface area contributed by atoms with Crippen LogP contribution in [0.4, 0.5) is 0 Å². The molecule has 2 unspecified atom stereocenters. The molecule has 0 aromatic heterocycles. The third-order valence-corrected chi connectivity index (χ3v) is 3.38. The summed E-state index contributed by atoms with van der Waals surface area (Å²) in [5, 5.41) is 6.22. The Hall–Kier alpha value is -1.39. The maximum Gasteiger partial charge on any atom is 0.228 e. The number of carbonyl (C=O) groups excluding carboxylic acids is 1. The van der Waals surface area contributed by atoms with Crippen LogP contribution >= 0.6 is 0 Å². The van der Waals surface area contributed by atoms with E-state index in [1.165, 1.54) is 5.56 Å². The van der Waals surface area contributed by atoms with E-state index in [0.29, 0.717) is 13.1 Å². The first-order valence-electron chi connectivity index (χ1n) is 6.31. The van der Waals surface area contributed by atoms with Gasteiger partial charge in [-0.2, -0.15) is 0 Å². The second kappa shape index (κ2) is 5.98. The van der Waals surface area contributed by atoms with Crippen molar-refractivity contribution in [3.8, 4) is 0 Å². The molecule has 0 aliphatic carbocycles. The van der Waals surface area contributed by atoms with Crippen molar-refractivity contribution < 1.29 is 9.53 Å². The van der Waals surface area contributed by atoms with Crippen molar-refractivity contribution in [1.82, 2.24) is 10.6 Å². The Morgan fingerprint density at radius 2 is 2.33 bits per heavy atom. The van der Waals surface area contributed by atoms with Crippen LogP contribution in [-0.2, 0) is 16.1 Å². The molecule has 1 aromatic rings. The molecule has 0 saturated heterocycles. The highest BCUT2D eigenvalue weighted by Crippen LogP contribution is 2.23. The van der Waals surface area contributed by atoms with Gasteiger partial charge in [-0.3, -0.25) is 4.79 Å². The molecule has 1 aliphatic rings. The van der Waals surface area contributed by atoms with Crippen molar-refractivity contribution in [2.24, 2.45) is 0 Å². The molecule has 1 amide bonds. The first-order valence-corrected chi connectivity index (χ1v) is 6.31. The molecule has 0 radical (unpaired) electrons. The number of amides is 1. The topological polar surface area (TPSA) is 50.4 Å². The molecule has 98 valence electrons. The fraction of sp³-hybridized carbons (Fsp3) is 0.500.